The third-order valence-corrected chi connectivity index (χ3v) is 1.24. The van der Waals surface area contributed by atoms with Crippen LogP contribution in [0.15, 0.2) is 12.7 Å². The van der Waals surface area contributed by atoms with E-state index in [0.717, 1.165) is 0 Å². The molecule has 3 N–H and O–H groups in total. The Hall–Kier alpha value is -0.670. The van der Waals surface area contributed by atoms with Crippen molar-refractivity contribution in [3.63, 3.8) is 0 Å². The molecule has 0 spiro atoms. The van der Waals surface area contributed by atoms with E-state index < -0.39 is 6.04 Å². The van der Waals surface area contributed by atoms with Gasteiger partial charge in [0.05, 0.1) is 6.04 Å². The van der Waals surface area contributed by atoms with E-state index in [-0.39, 0.29) is 12.4 Å². The summed E-state index contributed by atoms with van der Waals surface area (Å²) in [6, 6.07) is -0.482. The van der Waals surface area contributed by atoms with Crippen molar-refractivity contribution < 1.29 is 9.90 Å². The molecule has 0 aromatic carbocycles. The number of aliphatic hydroxyl groups is 1. The Labute approximate surface area is 60.5 Å². The fraction of sp³-hybridized carbons (Fsp3) is 0.571. The zero-order chi connectivity index (χ0) is 7.98. The summed E-state index contributed by atoms with van der Waals surface area (Å²) in [6.45, 7) is 3.38. The van der Waals surface area contributed by atoms with Gasteiger partial charge in [-0.2, -0.15) is 0 Å². The van der Waals surface area contributed by atoms with E-state index in [1.807, 2.05) is 0 Å². The number of rotatable bonds is 5. The topological polar surface area (TPSA) is 63.3 Å². The molecule has 0 rings (SSSR count). The van der Waals surface area contributed by atoms with Crippen LogP contribution in [0.1, 0.15) is 12.8 Å². The highest BCUT2D eigenvalue weighted by Gasteiger charge is 2.07. The van der Waals surface area contributed by atoms with Crippen LogP contribution in [0.3, 0.4) is 0 Å². The molecule has 0 heterocycles. The molecule has 0 saturated heterocycles. The minimum absolute atomic E-state index is 0.0815. The lowest BCUT2D eigenvalue weighted by atomic mass is 10.1. The number of hydrogen-bond donors (Lipinski definition) is 2. The maximum Gasteiger partial charge on any atom is 0.171 e. The molecule has 0 saturated carbocycles. The first-order valence-electron chi connectivity index (χ1n) is 3.25. The molecule has 0 bridgehead atoms. The smallest absolute Gasteiger partial charge is 0.171 e. The van der Waals surface area contributed by atoms with E-state index in [4.69, 9.17) is 10.8 Å². The molecule has 1 unspecified atom stereocenters. The lowest BCUT2D eigenvalue weighted by Gasteiger charge is -2.04. The second-order valence-electron chi connectivity index (χ2n) is 2.08. The Kier molecular flexibility index (Phi) is 4.80. The summed E-state index contributed by atoms with van der Waals surface area (Å²) >= 11 is 0. The van der Waals surface area contributed by atoms with Gasteiger partial charge in [0, 0.05) is 6.61 Å². The largest absolute Gasteiger partial charge is 0.396 e. The van der Waals surface area contributed by atoms with Gasteiger partial charge in [0.25, 0.3) is 0 Å². The minimum Gasteiger partial charge on any atom is -0.396 e. The molecular weight excluding hydrogens is 130 g/mol. The molecular formula is C7H13NO2. The molecule has 0 radical (unpaired) electrons. The lowest BCUT2D eigenvalue weighted by molar-refractivity contribution is -0.115. The number of carbonyl (C=O) groups excluding carboxylic acids is 1. The Balaban J connectivity index is 3.51. The molecule has 3 heteroatoms. The summed E-state index contributed by atoms with van der Waals surface area (Å²) < 4.78 is 0. The molecule has 58 valence electrons. The molecule has 0 aromatic rings. The molecule has 0 amide bonds. The fourth-order valence-corrected chi connectivity index (χ4v) is 0.605. The van der Waals surface area contributed by atoms with Crippen LogP contribution in [0.4, 0.5) is 0 Å². The Morgan fingerprint density at radius 1 is 1.80 bits per heavy atom. The number of aliphatic hydroxyl groups excluding tert-OH is 1. The third kappa shape index (κ3) is 3.37. The van der Waals surface area contributed by atoms with Crippen LogP contribution in [0.25, 0.3) is 0 Å². The predicted octanol–water partition coefficient (Wildman–Crippen LogP) is -0.159. The minimum atomic E-state index is -0.482. The monoisotopic (exact) mass is 143 g/mol. The molecule has 0 aromatic heterocycles. The van der Waals surface area contributed by atoms with Gasteiger partial charge in [-0.3, -0.25) is 4.79 Å². The van der Waals surface area contributed by atoms with Crippen molar-refractivity contribution in [2.24, 2.45) is 5.73 Å². The quantitative estimate of drug-likeness (QED) is 0.526. The summed E-state index contributed by atoms with van der Waals surface area (Å²) in [5.41, 5.74) is 5.38. The van der Waals surface area contributed by atoms with Crippen molar-refractivity contribution in [3.05, 3.63) is 12.7 Å². The summed E-state index contributed by atoms with van der Waals surface area (Å²) in [5, 5.41) is 8.38. The van der Waals surface area contributed by atoms with Crippen molar-refractivity contribution in [2.75, 3.05) is 6.61 Å². The Morgan fingerprint density at radius 3 is 2.80 bits per heavy atom. The predicted molar refractivity (Wildman–Crippen MR) is 39.5 cm³/mol. The van der Waals surface area contributed by atoms with Crippen molar-refractivity contribution in [1.29, 1.82) is 0 Å². The molecule has 0 aliphatic heterocycles. The van der Waals surface area contributed by atoms with Gasteiger partial charge in [0.2, 0.25) is 0 Å². The maximum atomic E-state index is 10.7. The van der Waals surface area contributed by atoms with E-state index in [0.29, 0.717) is 12.8 Å². The second kappa shape index (κ2) is 5.14. The highest BCUT2D eigenvalue weighted by molar-refractivity contribution is 5.93. The molecule has 10 heavy (non-hydrogen) atoms. The number of ketones is 1. The van der Waals surface area contributed by atoms with Crippen LogP contribution in [0.2, 0.25) is 0 Å². The van der Waals surface area contributed by atoms with Crippen molar-refractivity contribution >= 4 is 5.78 Å². The van der Waals surface area contributed by atoms with E-state index in [1.165, 1.54) is 6.08 Å². The number of nitrogens with two attached hydrogens (primary N) is 1. The molecule has 1 atom stereocenters. The van der Waals surface area contributed by atoms with E-state index >= 15 is 0 Å². The lowest BCUT2D eigenvalue weighted by Crippen LogP contribution is -2.28. The van der Waals surface area contributed by atoms with Gasteiger partial charge >= 0.3 is 0 Å². The van der Waals surface area contributed by atoms with E-state index in [9.17, 15) is 4.79 Å². The first kappa shape index (κ1) is 9.33. The van der Waals surface area contributed by atoms with Crippen LogP contribution in [0.5, 0.6) is 0 Å². The fourth-order valence-electron chi connectivity index (χ4n) is 0.605. The third-order valence-electron chi connectivity index (χ3n) is 1.24. The summed E-state index contributed by atoms with van der Waals surface area (Å²) in [5.74, 6) is -0.159. The van der Waals surface area contributed by atoms with Gasteiger partial charge < -0.3 is 10.8 Å². The van der Waals surface area contributed by atoms with Gasteiger partial charge in [0.1, 0.15) is 0 Å². The van der Waals surface area contributed by atoms with Crippen molar-refractivity contribution in [2.45, 2.75) is 18.9 Å². The first-order valence-corrected chi connectivity index (χ1v) is 3.25. The summed E-state index contributed by atoms with van der Waals surface area (Å²) in [6.07, 6.45) is 2.31. The van der Waals surface area contributed by atoms with Crippen LogP contribution in [-0.2, 0) is 4.79 Å². The van der Waals surface area contributed by atoms with Crippen LogP contribution in [0, 0.1) is 0 Å². The van der Waals surface area contributed by atoms with Crippen LogP contribution < -0.4 is 5.73 Å². The van der Waals surface area contributed by atoms with Gasteiger partial charge in [-0.1, -0.05) is 6.58 Å². The normalized spacial score (nSPS) is 12.6. The van der Waals surface area contributed by atoms with Gasteiger partial charge in [-0.15, -0.1) is 0 Å². The highest BCUT2D eigenvalue weighted by Crippen LogP contribution is 1.94. The second-order valence-corrected chi connectivity index (χ2v) is 2.08. The molecule has 0 aliphatic carbocycles. The average Bonchev–Trinajstić information content (AvgIpc) is 1.98. The number of hydrogen-bond acceptors (Lipinski definition) is 3. The van der Waals surface area contributed by atoms with Crippen molar-refractivity contribution in [3.8, 4) is 0 Å². The van der Waals surface area contributed by atoms with Gasteiger partial charge in [-0.25, -0.2) is 0 Å². The standard InChI is InChI=1S/C7H13NO2/c1-2-7(10)6(8)4-3-5-9/h2,6,9H,1,3-5,8H2. The van der Waals surface area contributed by atoms with E-state index in [2.05, 4.69) is 6.58 Å². The zero-order valence-corrected chi connectivity index (χ0v) is 5.92. The summed E-state index contributed by atoms with van der Waals surface area (Å²) in [7, 11) is 0. The molecule has 0 fully saturated rings. The maximum absolute atomic E-state index is 10.7. The summed E-state index contributed by atoms with van der Waals surface area (Å²) in [4.78, 5) is 10.7. The SMILES string of the molecule is C=CC(=O)C(N)CCCO. The average molecular weight is 143 g/mol. The molecule has 0 aliphatic rings. The Bertz CT molecular complexity index is 123. The van der Waals surface area contributed by atoms with Crippen LogP contribution >= 0.6 is 0 Å². The number of carbonyl (C=O) groups is 1. The first-order chi connectivity index (χ1) is 4.72. The van der Waals surface area contributed by atoms with E-state index in [1.54, 1.807) is 0 Å². The Morgan fingerprint density at radius 2 is 2.40 bits per heavy atom. The zero-order valence-electron chi connectivity index (χ0n) is 5.92. The van der Waals surface area contributed by atoms with Gasteiger partial charge in [-0.05, 0) is 18.9 Å². The molecule has 3 nitrogen and oxygen atoms in total. The van der Waals surface area contributed by atoms with Gasteiger partial charge in [0.15, 0.2) is 5.78 Å². The highest BCUT2D eigenvalue weighted by atomic mass is 16.2. The van der Waals surface area contributed by atoms with Crippen LogP contribution in [-0.4, -0.2) is 23.5 Å². The van der Waals surface area contributed by atoms with Crippen molar-refractivity contribution in [1.82, 2.24) is 0 Å².